The summed E-state index contributed by atoms with van der Waals surface area (Å²) in [6.07, 6.45) is 6.13. The first kappa shape index (κ1) is 19.0. The number of aromatic amines is 1. The maximum Gasteiger partial charge on any atom is 0.0960 e. The zero-order chi connectivity index (χ0) is 21.3. The second kappa shape index (κ2) is 8.08. The van der Waals surface area contributed by atoms with Gasteiger partial charge in [-0.15, -0.1) is 0 Å². The number of hydrogen-bond donors (Lipinski definition) is 1. The van der Waals surface area contributed by atoms with Crippen molar-refractivity contribution in [3.05, 3.63) is 113 Å². The molecule has 32 heavy (non-hydrogen) atoms. The van der Waals surface area contributed by atoms with Gasteiger partial charge in [-0.2, -0.15) is 5.06 Å². The van der Waals surface area contributed by atoms with Crippen LogP contribution >= 0.6 is 0 Å². The highest BCUT2D eigenvalue weighted by atomic mass is 16.7. The van der Waals surface area contributed by atoms with Gasteiger partial charge in [-0.25, -0.2) is 0 Å². The lowest BCUT2D eigenvalue weighted by atomic mass is 10.0. The van der Waals surface area contributed by atoms with Crippen LogP contribution in [0.25, 0.3) is 33.8 Å². The maximum absolute atomic E-state index is 6.09. The second-order valence-electron chi connectivity index (χ2n) is 8.20. The molecular formula is C28H23N3O. The summed E-state index contributed by atoms with van der Waals surface area (Å²) in [5.41, 5.74) is 7.01. The SMILES string of the molecule is C(=C\c1cc2c(ccc3c4c([nH]c32)CN(Cc2ccccc2)OC4)cn1)/c1ccccc1. The van der Waals surface area contributed by atoms with Crippen molar-refractivity contribution in [2.45, 2.75) is 19.7 Å². The molecule has 5 aromatic rings. The van der Waals surface area contributed by atoms with Crippen LogP contribution in [0.1, 0.15) is 28.1 Å². The molecule has 0 unspecified atom stereocenters. The fourth-order valence-electron chi connectivity index (χ4n) is 4.41. The molecule has 0 bridgehead atoms. The lowest BCUT2D eigenvalue weighted by Gasteiger charge is -2.26. The van der Waals surface area contributed by atoms with E-state index in [0.29, 0.717) is 6.61 Å². The van der Waals surface area contributed by atoms with E-state index in [9.17, 15) is 0 Å². The molecule has 1 aliphatic heterocycles. The number of rotatable bonds is 4. The van der Waals surface area contributed by atoms with Crippen LogP contribution in [0.2, 0.25) is 0 Å². The number of hydroxylamine groups is 2. The first-order chi connectivity index (χ1) is 15.8. The van der Waals surface area contributed by atoms with Crippen LogP contribution in [0.3, 0.4) is 0 Å². The number of nitrogens with zero attached hydrogens (tertiary/aromatic N) is 2. The third-order valence-corrected chi connectivity index (χ3v) is 6.06. The van der Waals surface area contributed by atoms with Crippen LogP contribution in [0.4, 0.5) is 0 Å². The lowest BCUT2D eigenvalue weighted by Crippen LogP contribution is -2.27. The quantitative estimate of drug-likeness (QED) is 0.371. The number of aromatic nitrogens is 2. The number of H-pyrrole nitrogens is 1. The van der Waals surface area contributed by atoms with Crippen molar-refractivity contribution >= 4 is 33.8 Å². The van der Waals surface area contributed by atoms with E-state index in [0.717, 1.165) is 29.7 Å². The molecule has 0 spiro atoms. The Morgan fingerprint density at radius 1 is 0.906 bits per heavy atom. The number of hydrogen-bond acceptors (Lipinski definition) is 3. The van der Waals surface area contributed by atoms with Crippen molar-refractivity contribution in [2.24, 2.45) is 0 Å². The smallest absolute Gasteiger partial charge is 0.0960 e. The van der Waals surface area contributed by atoms with Gasteiger partial charge in [0.1, 0.15) is 0 Å². The minimum atomic E-state index is 0.583. The van der Waals surface area contributed by atoms with Gasteiger partial charge in [0.2, 0.25) is 0 Å². The normalized spacial score (nSPS) is 14.4. The van der Waals surface area contributed by atoms with Gasteiger partial charge in [-0.05, 0) is 23.3 Å². The van der Waals surface area contributed by atoms with E-state index in [-0.39, 0.29) is 0 Å². The topological polar surface area (TPSA) is 41.2 Å². The molecular weight excluding hydrogens is 394 g/mol. The van der Waals surface area contributed by atoms with E-state index in [1.54, 1.807) is 0 Å². The Bertz CT molecular complexity index is 1420. The Kier molecular flexibility index (Phi) is 4.79. The fraction of sp³-hybridized carbons (Fsp3) is 0.107. The van der Waals surface area contributed by atoms with Crippen LogP contribution in [0.5, 0.6) is 0 Å². The summed E-state index contributed by atoms with van der Waals surface area (Å²) in [5, 5.41) is 5.59. The summed E-state index contributed by atoms with van der Waals surface area (Å²) in [6.45, 7) is 2.10. The molecule has 3 aromatic carbocycles. The Balaban J connectivity index is 1.34. The number of benzene rings is 3. The number of nitrogens with one attached hydrogen (secondary N) is 1. The summed E-state index contributed by atoms with van der Waals surface area (Å²) in [4.78, 5) is 14.4. The number of fused-ring (bicyclic) bond motifs is 5. The zero-order valence-electron chi connectivity index (χ0n) is 17.7. The highest BCUT2D eigenvalue weighted by molar-refractivity contribution is 6.07. The summed E-state index contributed by atoms with van der Waals surface area (Å²) < 4.78 is 0. The Hall–Kier alpha value is -3.73. The molecule has 6 rings (SSSR count). The van der Waals surface area contributed by atoms with Gasteiger partial charge in [0.05, 0.1) is 24.4 Å². The van der Waals surface area contributed by atoms with Crippen molar-refractivity contribution in [2.75, 3.05) is 0 Å². The first-order valence-electron chi connectivity index (χ1n) is 10.9. The molecule has 156 valence electrons. The van der Waals surface area contributed by atoms with Crippen LogP contribution in [-0.4, -0.2) is 15.0 Å². The van der Waals surface area contributed by atoms with E-state index >= 15 is 0 Å². The highest BCUT2D eigenvalue weighted by Gasteiger charge is 2.22. The van der Waals surface area contributed by atoms with E-state index in [4.69, 9.17) is 4.84 Å². The molecule has 0 radical (unpaired) electrons. The van der Waals surface area contributed by atoms with Crippen LogP contribution in [-0.2, 0) is 24.5 Å². The summed E-state index contributed by atoms with van der Waals surface area (Å²) in [6, 6.07) is 27.3. The molecule has 0 atom stereocenters. The van der Waals surface area contributed by atoms with Crippen molar-refractivity contribution in [1.82, 2.24) is 15.0 Å². The number of pyridine rings is 1. The molecule has 1 N–H and O–H groups in total. The largest absolute Gasteiger partial charge is 0.356 e. The predicted octanol–water partition coefficient (Wildman–Crippen LogP) is 6.33. The van der Waals surface area contributed by atoms with Crippen LogP contribution in [0, 0.1) is 0 Å². The maximum atomic E-state index is 6.09. The van der Waals surface area contributed by atoms with Gasteiger partial charge in [0.15, 0.2) is 0 Å². The van der Waals surface area contributed by atoms with Gasteiger partial charge in [0, 0.05) is 40.2 Å². The van der Waals surface area contributed by atoms with Crippen molar-refractivity contribution in [3.63, 3.8) is 0 Å². The highest BCUT2D eigenvalue weighted by Crippen LogP contribution is 2.33. The fourth-order valence-corrected chi connectivity index (χ4v) is 4.41. The molecule has 2 aromatic heterocycles. The third-order valence-electron chi connectivity index (χ3n) is 6.06. The van der Waals surface area contributed by atoms with E-state index in [1.807, 2.05) is 35.5 Å². The van der Waals surface area contributed by atoms with Gasteiger partial charge in [-0.1, -0.05) is 78.9 Å². The van der Waals surface area contributed by atoms with Crippen molar-refractivity contribution in [3.8, 4) is 0 Å². The van der Waals surface area contributed by atoms with Gasteiger partial charge in [0.25, 0.3) is 0 Å². The Morgan fingerprint density at radius 2 is 1.72 bits per heavy atom. The average Bonchev–Trinajstić information content (AvgIpc) is 3.22. The van der Waals surface area contributed by atoms with Gasteiger partial charge < -0.3 is 4.98 Å². The Morgan fingerprint density at radius 3 is 2.56 bits per heavy atom. The predicted molar refractivity (Wildman–Crippen MR) is 129 cm³/mol. The van der Waals surface area contributed by atoms with Gasteiger partial charge >= 0.3 is 0 Å². The molecule has 0 amide bonds. The van der Waals surface area contributed by atoms with Crippen LogP contribution < -0.4 is 0 Å². The summed E-state index contributed by atoms with van der Waals surface area (Å²) in [7, 11) is 0. The van der Waals surface area contributed by atoms with E-state index in [2.05, 4.69) is 76.7 Å². The van der Waals surface area contributed by atoms with Crippen molar-refractivity contribution < 1.29 is 4.84 Å². The molecule has 0 fully saturated rings. The third kappa shape index (κ3) is 3.60. The molecule has 0 aliphatic carbocycles. The lowest BCUT2D eigenvalue weighted by molar-refractivity contribution is -0.194. The standard InChI is InChI=1S/C28H23N3O/c1-3-7-20(8-4-1)11-13-23-15-25-22(16-29-23)12-14-24-26-19-32-31(18-27(26)30-28(24)25)17-21-9-5-2-6-10-21/h1-16,30H,17-19H2/b13-11+. The van der Waals surface area contributed by atoms with E-state index < -0.39 is 0 Å². The molecule has 0 saturated heterocycles. The van der Waals surface area contributed by atoms with Crippen molar-refractivity contribution in [1.29, 1.82) is 0 Å². The van der Waals surface area contributed by atoms with Gasteiger partial charge in [-0.3, -0.25) is 9.82 Å². The first-order valence-corrected chi connectivity index (χ1v) is 10.9. The summed E-state index contributed by atoms with van der Waals surface area (Å²) >= 11 is 0. The monoisotopic (exact) mass is 417 g/mol. The molecule has 4 nitrogen and oxygen atoms in total. The minimum Gasteiger partial charge on any atom is -0.356 e. The summed E-state index contributed by atoms with van der Waals surface area (Å²) in [5.74, 6) is 0. The molecule has 3 heterocycles. The van der Waals surface area contributed by atoms with Crippen LogP contribution in [0.15, 0.2) is 85.1 Å². The zero-order valence-corrected chi connectivity index (χ0v) is 17.7. The Labute approximate surface area is 186 Å². The molecule has 4 heteroatoms. The minimum absolute atomic E-state index is 0.583. The van der Waals surface area contributed by atoms with E-state index in [1.165, 1.54) is 33.2 Å². The molecule has 0 saturated carbocycles. The average molecular weight is 418 g/mol. The second-order valence-corrected chi connectivity index (χ2v) is 8.20. The molecule has 1 aliphatic rings.